The number of terminal acetylenes is 1. The van der Waals surface area contributed by atoms with E-state index < -0.39 is 0 Å². The van der Waals surface area contributed by atoms with Crippen LogP contribution in [0.5, 0.6) is 0 Å². The first-order valence-electron chi connectivity index (χ1n) is 9.14. The molecule has 0 bridgehead atoms. The van der Waals surface area contributed by atoms with Crippen molar-refractivity contribution < 1.29 is 4.79 Å². The molecule has 134 valence electrons. The van der Waals surface area contributed by atoms with Crippen molar-refractivity contribution in [1.82, 2.24) is 15.2 Å². The summed E-state index contributed by atoms with van der Waals surface area (Å²) in [6.45, 7) is 4.51. The molecule has 0 spiro atoms. The van der Waals surface area contributed by atoms with E-state index in [1.807, 2.05) is 25.3 Å². The zero-order chi connectivity index (χ0) is 18.4. The normalized spacial score (nSPS) is 16.6. The maximum atomic E-state index is 12.6. The lowest BCUT2D eigenvalue weighted by atomic mass is 9.95. The third kappa shape index (κ3) is 4.50. The van der Waals surface area contributed by atoms with Gasteiger partial charge in [0.05, 0.1) is 12.6 Å². The SMILES string of the molecule is C#CCN1CCC(C(=O)NC(C)c2ccc(-c3cccnc3)cc2)CC1. The molecule has 0 aliphatic carbocycles. The Bertz CT molecular complexity index is 756. The molecule has 1 fully saturated rings. The first-order chi connectivity index (χ1) is 12.7. The quantitative estimate of drug-likeness (QED) is 0.845. The maximum Gasteiger partial charge on any atom is 0.223 e. The number of likely N-dealkylation sites (tertiary alicyclic amines) is 1. The first kappa shape index (κ1) is 18.2. The van der Waals surface area contributed by atoms with Crippen molar-refractivity contribution in [2.45, 2.75) is 25.8 Å². The van der Waals surface area contributed by atoms with Crippen molar-refractivity contribution in [3.8, 4) is 23.5 Å². The minimum Gasteiger partial charge on any atom is -0.349 e. The van der Waals surface area contributed by atoms with E-state index in [-0.39, 0.29) is 17.9 Å². The lowest BCUT2D eigenvalue weighted by Gasteiger charge is -2.30. The summed E-state index contributed by atoms with van der Waals surface area (Å²) in [4.78, 5) is 18.9. The van der Waals surface area contributed by atoms with E-state index >= 15 is 0 Å². The molecule has 1 aliphatic heterocycles. The van der Waals surface area contributed by atoms with E-state index in [0.717, 1.165) is 42.6 Å². The average molecular weight is 347 g/mol. The van der Waals surface area contributed by atoms with Crippen LogP contribution in [0.2, 0.25) is 0 Å². The molecule has 26 heavy (non-hydrogen) atoms. The number of rotatable bonds is 5. The van der Waals surface area contributed by atoms with Crippen LogP contribution in [0, 0.1) is 18.3 Å². The minimum atomic E-state index is -0.00538. The van der Waals surface area contributed by atoms with Crippen molar-refractivity contribution in [2.75, 3.05) is 19.6 Å². The molecule has 1 aliphatic rings. The fourth-order valence-electron chi connectivity index (χ4n) is 3.39. The zero-order valence-corrected chi connectivity index (χ0v) is 15.2. The molecule has 3 rings (SSSR count). The predicted molar refractivity (Wildman–Crippen MR) is 104 cm³/mol. The highest BCUT2D eigenvalue weighted by molar-refractivity contribution is 5.79. The van der Waals surface area contributed by atoms with Gasteiger partial charge in [-0.1, -0.05) is 36.3 Å². The maximum absolute atomic E-state index is 12.6. The van der Waals surface area contributed by atoms with Gasteiger partial charge in [-0.05, 0) is 55.6 Å². The molecular formula is C22H25N3O. The molecule has 4 nitrogen and oxygen atoms in total. The van der Waals surface area contributed by atoms with Crippen LogP contribution in [0.3, 0.4) is 0 Å². The number of nitrogens with zero attached hydrogens (tertiary/aromatic N) is 2. The lowest BCUT2D eigenvalue weighted by Crippen LogP contribution is -2.41. The Morgan fingerprint density at radius 1 is 1.27 bits per heavy atom. The van der Waals surface area contributed by atoms with Gasteiger partial charge in [0.15, 0.2) is 0 Å². The smallest absolute Gasteiger partial charge is 0.223 e. The van der Waals surface area contributed by atoms with Gasteiger partial charge in [-0.3, -0.25) is 14.7 Å². The van der Waals surface area contributed by atoms with Gasteiger partial charge in [0.25, 0.3) is 0 Å². The summed E-state index contributed by atoms with van der Waals surface area (Å²) in [6, 6.07) is 12.3. The number of carbonyl (C=O) groups excluding carboxylic acids is 1. The molecule has 0 radical (unpaired) electrons. The van der Waals surface area contributed by atoms with Crippen LogP contribution < -0.4 is 5.32 Å². The highest BCUT2D eigenvalue weighted by atomic mass is 16.1. The summed E-state index contributed by atoms with van der Waals surface area (Å²) in [5, 5.41) is 3.16. The Morgan fingerprint density at radius 3 is 2.62 bits per heavy atom. The molecule has 1 N–H and O–H groups in total. The van der Waals surface area contributed by atoms with Crippen LogP contribution >= 0.6 is 0 Å². The topological polar surface area (TPSA) is 45.2 Å². The van der Waals surface area contributed by atoms with Crippen molar-refractivity contribution in [1.29, 1.82) is 0 Å². The minimum absolute atomic E-state index is 0.00538. The molecule has 1 amide bonds. The van der Waals surface area contributed by atoms with Crippen molar-refractivity contribution >= 4 is 5.91 Å². The van der Waals surface area contributed by atoms with Crippen molar-refractivity contribution in [2.24, 2.45) is 5.92 Å². The summed E-state index contributed by atoms with van der Waals surface area (Å²) in [5.41, 5.74) is 3.33. The van der Waals surface area contributed by atoms with Gasteiger partial charge >= 0.3 is 0 Å². The van der Waals surface area contributed by atoms with Crippen LogP contribution in [0.25, 0.3) is 11.1 Å². The van der Waals surface area contributed by atoms with E-state index in [0.29, 0.717) is 6.54 Å². The molecule has 1 atom stereocenters. The molecular weight excluding hydrogens is 322 g/mol. The zero-order valence-electron chi connectivity index (χ0n) is 15.2. The third-order valence-electron chi connectivity index (χ3n) is 5.04. The monoisotopic (exact) mass is 347 g/mol. The molecule has 2 heterocycles. The second-order valence-electron chi connectivity index (χ2n) is 6.85. The lowest BCUT2D eigenvalue weighted by molar-refractivity contribution is -0.127. The Kier molecular flexibility index (Phi) is 6.04. The van der Waals surface area contributed by atoms with Gasteiger partial charge in [-0.2, -0.15) is 0 Å². The number of amides is 1. The van der Waals surface area contributed by atoms with Crippen LogP contribution in [-0.2, 0) is 4.79 Å². The molecule has 1 aromatic carbocycles. The Labute approximate surface area is 155 Å². The van der Waals surface area contributed by atoms with Gasteiger partial charge in [-0.15, -0.1) is 6.42 Å². The second-order valence-corrected chi connectivity index (χ2v) is 6.85. The van der Waals surface area contributed by atoms with Crippen LogP contribution in [0.1, 0.15) is 31.4 Å². The van der Waals surface area contributed by atoms with Crippen molar-refractivity contribution in [3.05, 3.63) is 54.4 Å². The van der Waals surface area contributed by atoms with Gasteiger partial charge < -0.3 is 5.32 Å². The number of aromatic nitrogens is 1. The third-order valence-corrected chi connectivity index (χ3v) is 5.04. The Morgan fingerprint density at radius 2 is 2.00 bits per heavy atom. The molecule has 4 heteroatoms. The molecule has 1 saturated heterocycles. The van der Waals surface area contributed by atoms with E-state index in [9.17, 15) is 4.79 Å². The highest BCUT2D eigenvalue weighted by Gasteiger charge is 2.25. The summed E-state index contributed by atoms with van der Waals surface area (Å²) >= 11 is 0. The fraction of sp³-hybridized carbons (Fsp3) is 0.364. The predicted octanol–water partition coefficient (Wildman–Crippen LogP) is 3.27. The molecule has 1 aromatic heterocycles. The average Bonchev–Trinajstić information content (AvgIpc) is 2.69. The van der Waals surface area contributed by atoms with Gasteiger partial charge in [0.1, 0.15) is 0 Å². The van der Waals surface area contributed by atoms with Crippen LogP contribution in [0.15, 0.2) is 48.8 Å². The van der Waals surface area contributed by atoms with Crippen molar-refractivity contribution in [3.63, 3.8) is 0 Å². The first-order valence-corrected chi connectivity index (χ1v) is 9.14. The van der Waals surface area contributed by atoms with Gasteiger partial charge in [0, 0.05) is 18.3 Å². The number of hydrogen-bond acceptors (Lipinski definition) is 3. The van der Waals surface area contributed by atoms with E-state index in [4.69, 9.17) is 6.42 Å². The fourth-order valence-corrected chi connectivity index (χ4v) is 3.39. The Balaban J connectivity index is 1.55. The number of carbonyl (C=O) groups is 1. The summed E-state index contributed by atoms with van der Waals surface area (Å²) < 4.78 is 0. The van der Waals surface area contributed by atoms with Crippen LogP contribution in [-0.4, -0.2) is 35.4 Å². The molecule has 2 aromatic rings. The van der Waals surface area contributed by atoms with Gasteiger partial charge in [0.2, 0.25) is 5.91 Å². The van der Waals surface area contributed by atoms with E-state index in [1.165, 1.54) is 0 Å². The number of pyridine rings is 1. The molecule has 1 unspecified atom stereocenters. The number of piperidine rings is 1. The van der Waals surface area contributed by atoms with E-state index in [2.05, 4.69) is 45.4 Å². The second kappa shape index (κ2) is 8.64. The summed E-state index contributed by atoms with van der Waals surface area (Å²) in [5.74, 6) is 2.90. The number of nitrogens with one attached hydrogen (secondary N) is 1. The van der Waals surface area contributed by atoms with Crippen LogP contribution in [0.4, 0.5) is 0 Å². The van der Waals surface area contributed by atoms with E-state index in [1.54, 1.807) is 6.20 Å². The summed E-state index contributed by atoms with van der Waals surface area (Å²) in [7, 11) is 0. The van der Waals surface area contributed by atoms with Gasteiger partial charge in [-0.25, -0.2) is 0 Å². The number of benzene rings is 1. The highest BCUT2D eigenvalue weighted by Crippen LogP contribution is 2.22. The number of hydrogen-bond donors (Lipinski definition) is 1. The molecule has 0 saturated carbocycles. The standard InChI is InChI=1S/C22H25N3O/c1-3-13-25-14-10-20(11-15-25)22(26)24-17(2)18-6-8-19(9-7-18)21-5-4-12-23-16-21/h1,4-9,12,16-17,20H,10-11,13-15H2,2H3,(H,24,26). The Hall–Kier alpha value is -2.64. The summed E-state index contributed by atoms with van der Waals surface area (Å²) in [6.07, 6.45) is 10.7. The largest absolute Gasteiger partial charge is 0.349 e.